The van der Waals surface area contributed by atoms with Crippen LogP contribution in [0.2, 0.25) is 0 Å². The second kappa shape index (κ2) is 8.10. The molecule has 3 aromatic rings. The molecule has 3 aromatic heterocycles. The van der Waals surface area contributed by atoms with Crippen LogP contribution >= 0.6 is 34.0 Å². The van der Waals surface area contributed by atoms with Crippen molar-refractivity contribution in [3.05, 3.63) is 46.2 Å². The number of aryl methyl sites for hydroxylation is 1. The van der Waals surface area contributed by atoms with E-state index in [0.29, 0.717) is 4.88 Å². The molecule has 0 radical (unpaired) electrons. The van der Waals surface area contributed by atoms with Crippen LogP contribution in [0.4, 0.5) is 0 Å². The SMILES string of the molecule is CCCCCCc1ccc(-c2ccc(-c3ccc(C(=O)O)s3)s2)s1. The summed E-state index contributed by atoms with van der Waals surface area (Å²) in [5.74, 6) is -0.853. The third kappa shape index (κ3) is 4.15. The minimum absolute atomic E-state index is 0.394. The second-order valence-electron chi connectivity index (χ2n) is 5.71. The Bertz CT molecular complexity index is 810. The molecular formula is C19H20O2S3. The molecule has 0 bridgehead atoms. The van der Waals surface area contributed by atoms with Crippen molar-refractivity contribution in [2.45, 2.75) is 39.0 Å². The van der Waals surface area contributed by atoms with E-state index in [1.54, 1.807) is 17.4 Å². The highest BCUT2D eigenvalue weighted by Gasteiger charge is 2.12. The Hall–Kier alpha value is -1.43. The number of carboxylic acids is 1. The number of hydrogen-bond acceptors (Lipinski definition) is 4. The molecule has 0 amide bonds. The Morgan fingerprint density at radius 1 is 0.833 bits per heavy atom. The Morgan fingerprint density at radius 3 is 2.12 bits per heavy atom. The zero-order valence-electron chi connectivity index (χ0n) is 13.6. The van der Waals surface area contributed by atoms with Gasteiger partial charge in [-0.05, 0) is 49.2 Å². The highest BCUT2D eigenvalue weighted by molar-refractivity contribution is 7.26. The Morgan fingerprint density at radius 2 is 1.46 bits per heavy atom. The maximum atomic E-state index is 11.0. The lowest BCUT2D eigenvalue weighted by Crippen LogP contribution is -1.89. The summed E-state index contributed by atoms with van der Waals surface area (Å²) in [6.45, 7) is 2.24. The van der Waals surface area contributed by atoms with Crippen molar-refractivity contribution < 1.29 is 9.90 Å². The summed E-state index contributed by atoms with van der Waals surface area (Å²) in [7, 11) is 0. The highest BCUT2D eigenvalue weighted by Crippen LogP contribution is 2.40. The number of aromatic carboxylic acids is 1. The summed E-state index contributed by atoms with van der Waals surface area (Å²) >= 11 is 4.96. The summed E-state index contributed by atoms with van der Waals surface area (Å²) in [4.78, 5) is 17.6. The van der Waals surface area contributed by atoms with Crippen molar-refractivity contribution in [2.75, 3.05) is 0 Å². The van der Waals surface area contributed by atoms with Gasteiger partial charge in [0.1, 0.15) is 4.88 Å². The fraction of sp³-hybridized carbons (Fsp3) is 0.316. The van der Waals surface area contributed by atoms with Crippen molar-refractivity contribution in [1.29, 1.82) is 0 Å². The number of unbranched alkanes of at least 4 members (excludes halogenated alkanes) is 3. The van der Waals surface area contributed by atoms with Crippen molar-refractivity contribution in [1.82, 2.24) is 0 Å². The third-order valence-corrected chi connectivity index (χ3v) is 7.54. The molecule has 3 rings (SSSR count). The lowest BCUT2D eigenvalue weighted by molar-refractivity contribution is 0.0702. The van der Waals surface area contributed by atoms with Gasteiger partial charge >= 0.3 is 5.97 Å². The fourth-order valence-electron chi connectivity index (χ4n) is 2.56. The van der Waals surface area contributed by atoms with E-state index in [2.05, 4.69) is 31.2 Å². The smallest absolute Gasteiger partial charge is 0.345 e. The van der Waals surface area contributed by atoms with Gasteiger partial charge in [0, 0.05) is 24.4 Å². The number of carboxylic acid groups (broad SMARTS) is 1. The number of thiophene rings is 3. The quantitative estimate of drug-likeness (QED) is 0.429. The van der Waals surface area contributed by atoms with Crippen LogP contribution in [0.25, 0.3) is 19.5 Å². The van der Waals surface area contributed by atoms with Crippen LogP contribution in [0, 0.1) is 0 Å². The first-order valence-corrected chi connectivity index (χ1v) is 10.6. The van der Waals surface area contributed by atoms with Crippen molar-refractivity contribution >= 4 is 40.0 Å². The van der Waals surface area contributed by atoms with Crippen molar-refractivity contribution in [3.8, 4) is 19.5 Å². The topological polar surface area (TPSA) is 37.3 Å². The normalized spacial score (nSPS) is 11.0. The number of hydrogen-bond donors (Lipinski definition) is 1. The van der Waals surface area contributed by atoms with Gasteiger partial charge in [-0.25, -0.2) is 4.79 Å². The highest BCUT2D eigenvalue weighted by atomic mass is 32.1. The maximum absolute atomic E-state index is 11.0. The van der Waals surface area contributed by atoms with Gasteiger partial charge in [-0.15, -0.1) is 34.0 Å². The predicted molar refractivity (Wildman–Crippen MR) is 106 cm³/mol. The van der Waals surface area contributed by atoms with Crippen LogP contribution in [0.1, 0.15) is 47.2 Å². The van der Waals surface area contributed by atoms with Gasteiger partial charge in [0.25, 0.3) is 0 Å². The molecule has 0 aromatic carbocycles. The van der Waals surface area contributed by atoms with E-state index < -0.39 is 5.97 Å². The molecule has 0 saturated heterocycles. The third-order valence-electron chi connectivity index (χ3n) is 3.85. The van der Waals surface area contributed by atoms with E-state index in [4.69, 9.17) is 5.11 Å². The lowest BCUT2D eigenvalue weighted by Gasteiger charge is -1.96. The van der Waals surface area contributed by atoms with E-state index in [0.717, 1.165) is 9.75 Å². The molecule has 126 valence electrons. The molecule has 0 fully saturated rings. The standard InChI is InChI=1S/C19H20O2S3/c1-2-3-4-5-6-13-7-8-14(22-13)15-9-10-16(23-15)17-11-12-18(24-17)19(20)21/h7-12H,2-6H2,1H3,(H,20,21). The molecule has 0 aliphatic carbocycles. The predicted octanol–water partition coefficient (Wildman–Crippen LogP) is 7.03. The molecule has 3 heterocycles. The molecule has 0 saturated carbocycles. The molecule has 2 nitrogen and oxygen atoms in total. The van der Waals surface area contributed by atoms with E-state index in [1.807, 2.05) is 17.4 Å². The molecule has 0 unspecified atom stereocenters. The van der Waals surface area contributed by atoms with Gasteiger partial charge in [0.2, 0.25) is 0 Å². The van der Waals surface area contributed by atoms with Crippen LogP contribution in [0.3, 0.4) is 0 Å². The number of rotatable bonds is 8. The van der Waals surface area contributed by atoms with E-state index in [9.17, 15) is 4.79 Å². The van der Waals surface area contributed by atoms with Gasteiger partial charge in [-0.1, -0.05) is 26.2 Å². The minimum Gasteiger partial charge on any atom is -0.477 e. The molecule has 0 atom stereocenters. The van der Waals surface area contributed by atoms with Crippen molar-refractivity contribution in [3.63, 3.8) is 0 Å². The molecule has 0 aliphatic rings. The van der Waals surface area contributed by atoms with Crippen LogP contribution in [0.15, 0.2) is 36.4 Å². The molecule has 5 heteroatoms. The number of carbonyl (C=O) groups is 1. The van der Waals surface area contributed by atoms with Gasteiger partial charge in [-0.3, -0.25) is 0 Å². The van der Waals surface area contributed by atoms with Crippen LogP contribution in [0.5, 0.6) is 0 Å². The van der Waals surface area contributed by atoms with Crippen molar-refractivity contribution in [2.24, 2.45) is 0 Å². The van der Waals surface area contributed by atoms with Gasteiger partial charge < -0.3 is 5.11 Å². The summed E-state index contributed by atoms with van der Waals surface area (Å²) in [6, 6.07) is 12.3. The molecule has 0 spiro atoms. The average molecular weight is 377 g/mol. The summed E-state index contributed by atoms with van der Waals surface area (Å²) < 4.78 is 0. The maximum Gasteiger partial charge on any atom is 0.345 e. The zero-order valence-corrected chi connectivity index (χ0v) is 16.0. The molecule has 24 heavy (non-hydrogen) atoms. The molecule has 1 N–H and O–H groups in total. The van der Waals surface area contributed by atoms with Crippen LogP contribution < -0.4 is 0 Å². The first-order chi connectivity index (χ1) is 11.7. The summed E-state index contributed by atoms with van der Waals surface area (Å²) in [5.41, 5.74) is 0. The lowest BCUT2D eigenvalue weighted by atomic mass is 10.1. The largest absolute Gasteiger partial charge is 0.477 e. The van der Waals surface area contributed by atoms with E-state index >= 15 is 0 Å². The first-order valence-electron chi connectivity index (χ1n) is 8.20. The summed E-state index contributed by atoms with van der Waals surface area (Å²) in [6.07, 6.45) is 6.37. The van der Waals surface area contributed by atoms with E-state index in [1.165, 1.54) is 58.1 Å². The Labute approximate surface area is 154 Å². The second-order valence-corrected chi connectivity index (χ2v) is 9.05. The molecule has 0 aliphatic heterocycles. The Kier molecular flexibility index (Phi) is 5.87. The monoisotopic (exact) mass is 376 g/mol. The average Bonchev–Trinajstić information content (AvgIpc) is 3.30. The van der Waals surface area contributed by atoms with E-state index in [-0.39, 0.29) is 0 Å². The zero-order chi connectivity index (χ0) is 16.9. The first kappa shape index (κ1) is 17.4. The molecular weight excluding hydrogens is 356 g/mol. The fourth-order valence-corrected chi connectivity index (χ4v) is 5.64. The van der Waals surface area contributed by atoms with Gasteiger partial charge in [-0.2, -0.15) is 0 Å². The van der Waals surface area contributed by atoms with Gasteiger partial charge in [0.15, 0.2) is 0 Å². The van der Waals surface area contributed by atoms with Gasteiger partial charge in [0.05, 0.1) is 0 Å². The van der Waals surface area contributed by atoms with Crippen LogP contribution in [-0.4, -0.2) is 11.1 Å². The minimum atomic E-state index is -0.853. The van der Waals surface area contributed by atoms with Crippen LogP contribution in [-0.2, 0) is 6.42 Å². The summed E-state index contributed by atoms with van der Waals surface area (Å²) in [5, 5.41) is 9.05. The Balaban J connectivity index is 1.69.